The van der Waals surface area contributed by atoms with Crippen molar-refractivity contribution in [2.24, 2.45) is 5.92 Å². The van der Waals surface area contributed by atoms with Crippen LogP contribution in [0.4, 0.5) is 0 Å². The molecule has 2 fully saturated rings. The Morgan fingerprint density at radius 3 is 2.89 bits per heavy atom. The van der Waals surface area contributed by atoms with Crippen LogP contribution in [0.3, 0.4) is 0 Å². The molecule has 3 rings (SSSR count). The Kier molecular flexibility index (Phi) is 3.11. The lowest BCUT2D eigenvalue weighted by Gasteiger charge is -2.30. The predicted octanol–water partition coefficient (Wildman–Crippen LogP) is 1.81. The molecule has 0 aliphatic carbocycles. The largest absolute Gasteiger partial charge is 0.367 e. The van der Waals surface area contributed by atoms with Crippen LogP contribution in [0.15, 0.2) is 4.52 Å². The van der Waals surface area contributed by atoms with Crippen molar-refractivity contribution in [2.75, 3.05) is 19.7 Å². The van der Waals surface area contributed by atoms with E-state index in [2.05, 4.69) is 29.3 Å². The number of hydrogen-bond donors (Lipinski definition) is 1. The van der Waals surface area contributed by atoms with Gasteiger partial charge in [-0.05, 0) is 38.6 Å². The minimum absolute atomic E-state index is 0.346. The molecule has 2 aliphatic heterocycles. The molecule has 1 aromatic rings. The van der Waals surface area contributed by atoms with E-state index in [0.717, 1.165) is 44.3 Å². The summed E-state index contributed by atoms with van der Waals surface area (Å²) < 4.78 is 11.3. The van der Waals surface area contributed by atoms with Gasteiger partial charge in [-0.2, -0.15) is 4.98 Å². The lowest BCUT2D eigenvalue weighted by atomic mass is 9.95. The monoisotopic (exact) mass is 251 g/mol. The molecular formula is C13H21N3O2. The van der Waals surface area contributed by atoms with Gasteiger partial charge in [0.1, 0.15) is 5.60 Å². The van der Waals surface area contributed by atoms with Gasteiger partial charge in [0.2, 0.25) is 11.7 Å². The van der Waals surface area contributed by atoms with E-state index in [1.54, 1.807) is 0 Å². The van der Waals surface area contributed by atoms with Gasteiger partial charge in [0, 0.05) is 13.2 Å². The van der Waals surface area contributed by atoms with Gasteiger partial charge in [0.25, 0.3) is 0 Å². The van der Waals surface area contributed by atoms with E-state index < -0.39 is 0 Å². The second kappa shape index (κ2) is 4.63. The first kappa shape index (κ1) is 12.1. The lowest BCUT2D eigenvalue weighted by Crippen LogP contribution is -2.31. The number of aromatic nitrogens is 2. The smallest absolute Gasteiger partial charge is 0.231 e. The lowest BCUT2D eigenvalue weighted by molar-refractivity contribution is -0.0770. The van der Waals surface area contributed by atoms with Gasteiger partial charge in [-0.3, -0.25) is 0 Å². The number of ether oxygens (including phenoxy) is 1. The summed E-state index contributed by atoms with van der Waals surface area (Å²) >= 11 is 0. The summed E-state index contributed by atoms with van der Waals surface area (Å²) in [5.74, 6) is 2.38. The summed E-state index contributed by atoms with van der Waals surface area (Å²) in [5, 5.41) is 7.51. The average Bonchev–Trinajstić information content (AvgIpc) is 2.98. The molecule has 0 aromatic carbocycles. The van der Waals surface area contributed by atoms with E-state index in [9.17, 15) is 0 Å². The number of nitrogens with zero attached hydrogens (tertiary/aromatic N) is 2. The van der Waals surface area contributed by atoms with Crippen LogP contribution in [0, 0.1) is 5.92 Å². The molecule has 0 saturated carbocycles. The van der Waals surface area contributed by atoms with Gasteiger partial charge in [-0.25, -0.2) is 0 Å². The van der Waals surface area contributed by atoms with Crippen molar-refractivity contribution in [1.29, 1.82) is 0 Å². The summed E-state index contributed by atoms with van der Waals surface area (Å²) in [7, 11) is 0. The quantitative estimate of drug-likeness (QED) is 0.868. The zero-order chi connectivity index (χ0) is 12.6. The molecule has 2 aliphatic rings. The fourth-order valence-electron chi connectivity index (χ4n) is 2.85. The molecule has 2 saturated heterocycles. The Balaban J connectivity index is 1.80. The normalized spacial score (nSPS) is 37.0. The van der Waals surface area contributed by atoms with Crippen molar-refractivity contribution in [3.05, 3.63) is 11.7 Å². The molecular weight excluding hydrogens is 230 g/mol. The summed E-state index contributed by atoms with van der Waals surface area (Å²) in [4.78, 5) is 4.60. The van der Waals surface area contributed by atoms with Gasteiger partial charge in [0.05, 0.1) is 5.92 Å². The van der Waals surface area contributed by atoms with Crippen LogP contribution in [0.5, 0.6) is 0 Å². The SMILES string of the molecule is C[C@@H]1CNC[C@H]1c1nc(C2(C)CCCCO2)no1. The van der Waals surface area contributed by atoms with E-state index in [4.69, 9.17) is 9.26 Å². The van der Waals surface area contributed by atoms with E-state index in [0.29, 0.717) is 11.8 Å². The molecule has 0 spiro atoms. The van der Waals surface area contributed by atoms with Crippen LogP contribution in [0.25, 0.3) is 0 Å². The zero-order valence-electron chi connectivity index (χ0n) is 11.1. The minimum atomic E-state index is -0.352. The number of nitrogens with one attached hydrogen (secondary N) is 1. The summed E-state index contributed by atoms with van der Waals surface area (Å²) in [5.41, 5.74) is -0.352. The van der Waals surface area contributed by atoms with Crippen molar-refractivity contribution in [3.8, 4) is 0 Å². The van der Waals surface area contributed by atoms with Gasteiger partial charge in [0.15, 0.2) is 0 Å². The first-order chi connectivity index (χ1) is 8.69. The maximum absolute atomic E-state index is 5.85. The summed E-state index contributed by atoms with van der Waals surface area (Å²) in [6, 6.07) is 0. The number of hydrogen-bond acceptors (Lipinski definition) is 5. The topological polar surface area (TPSA) is 60.2 Å². The molecule has 5 nitrogen and oxygen atoms in total. The molecule has 3 atom stereocenters. The predicted molar refractivity (Wildman–Crippen MR) is 66.2 cm³/mol. The highest BCUT2D eigenvalue weighted by molar-refractivity contribution is 5.06. The molecule has 3 heterocycles. The Morgan fingerprint density at radius 1 is 1.33 bits per heavy atom. The van der Waals surface area contributed by atoms with Crippen molar-refractivity contribution in [3.63, 3.8) is 0 Å². The molecule has 5 heteroatoms. The highest BCUT2D eigenvalue weighted by Crippen LogP contribution is 2.34. The molecule has 1 N–H and O–H groups in total. The molecule has 0 radical (unpaired) electrons. The fourth-order valence-corrected chi connectivity index (χ4v) is 2.85. The van der Waals surface area contributed by atoms with Crippen molar-refractivity contribution < 1.29 is 9.26 Å². The second-order valence-corrected chi connectivity index (χ2v) is 5.73. The Labute approximate surface area is 107 Å². The highest BCUT2D eigenvalue weighted by atomic mass is 16.5. The first-order valence-electron chi connectivity index (χ1n) is 6.88. The van der Waals surface area contributed by atoms with Crippen molar-refractivity contribution in [1.82, 2.24) is 15.5 Å². The van der Waals surface area contributed by atoms with Crippen molar-refractivity contribution >= 4 is 0 Å². The Bertz CT molecular complexity index is 412. The summed E-state index contributed by atoms with van der Waals surface area (Å²) in [6.07, 6.45) is 3.27. The van der Waals surface area contributed by atoms with E-state index in [-0.39, 0.29) is 5.60 Å². The molecule has 0 bridgehead atoms. The van der Waals surface area contributed by atoms with Crippen LogP contribution in [0.2, 0.25) is 0 Å². The third-order valence-electron chi connectivity index (χ3n) is 4.22. The van der Waals surface area contributed by atoms with Gasteiger partial charge >= 0.3 is 0 Å². The minimum Gasteiger partial charge on any atom is -0.367 e. The van der Waals surface area contributed by atoms with E-state index >= 15 is 0 Å². The number of rotatable bonds is 2. The molecule has 18 heavy (non-hydrogen) atoms. The van der Waals surface area contributed by atoms with Gasteiger partial charge in [-0.1, -0.05) is 12.1 Å². The van der Waals surface area contributed by atoms with Crippen LogP contribution in [-0.4, -0.2) is 29.8 Å². The third kappa shape index (κ3) is 2.06. The Hall–Kier alpha value is -0.940. The highest BCUT2D eigenvalue weighted by Gasteiger charge is 2.37. The molecule has 1 aromatic heterocycles. The molecule has 1 unspecified atom stereocenters. The Morgan fingerprint density at radius 2 is 2.22 bits per heavy atom. The van der Waals surface area contributed by atoms with Gasteiger partial charge < -0.3 is 14.6 Å². The summed E-state index contributed by atoms with van der Waals surface area (Å²) in [6.45, 7) is 7.03. The zero-order valence-corrected chi connectivity index (χ0v) is 11.1. The second-order valence-electron chi connectivity index (χ2n) is 5.73. The van der Waals surface area contributed by atoms with Crippen LogP contribution in [0.1, 0.15) is 50.7 Å². The van der Waals surface area contributed by atoms with E-state index in [1.165, 1.54) is 6.42 Å². The fraction of sp³-hybridized carbons (Fsp3) is 0.846. The van der Waals surface area contributed by atoms with Crippen LogP contribution >= 0.6 is 0 Å². The maximum Gasteiger partial charge on any atom is 0.231 e. The van der Waals surface area contributed by atoms with Crippen LogP contribution < -0.4 is 5.32 Å². The standard InChI is InChI=1S/C13H21N3O2/c1-9-7-14-8-10(9)11-15-12(16-18-11)13(2)5-3-4-6-17-13/h9-10,14H,3-8H2,1-2H3/t9-,10-,13?/m1/s1. The van der Waals surface area contributed by atoms with Crippen LogP contribution in [-0.2, 0) is 10.3 Å². The first-order valence-corrected chi connectivity index (χ1v) is 6.88. The van der Waals surface area contributed by atoms with E-state index in [1.807, 2.05) is 0 Å². The molecule has 0 amide bonds. The van der Waals surface area contributed by atoms with Crippen molar-refractivity contribution in [2.45, 2.75) is 44.6 Å². The third-order valence-corrected chi connectivity index (χ3v) is 4.22. The molecule has 100 valence electrons. The van der Waals surface area contributed by atoms with Gasteiger partial charge in [-0.15, -0.1) is 0 Å². The average molecular weight is 251 g/mol. The maximum atomic E-state index is 5.85.